The van der Waals surface area contributed by atoms with E-state index in [4.69, 9.17) is 0 Å². The summed E-state index contributed by atoms with van der Waals surface area (Å²) in [6.45, 7) is 3.61. The van der Waals surface area contributed by atoms with Crippen molar-refractivity contribution in [3.05, 3.63) is 82.3 Å². The van der Waals surface area contributed by atoms with Crippen molar-refractivity contribution in [1.29, 1.82) is 10.5 Å². The van der Waals surface area contributed by atoms with Crippen molar-refractivity contribution < 1.29 is 4.79 Å². The number of amides is 1. The molecule has 1 aliphatic heterocycles. The Balaban J connectivity index is 1.99. The van der Waals surface area contributed by atoms with E-state index in [0.717, 1.165) is 5.56 Å². The third-order valence-corrected chi connectivity index (χ3v) is 4.39. The van der Waals surface area contributed by atoms with Crippen LogP contribution in [0.2, 0.25) is 0 Å². The summed E-state index contributed by atoms with van der Waals surface area (Å²) in [7, 11) is 0. The number of nitriles is 2. The predicted octanol–water partition coefficient (Wildman–Crippen LogP) is 3.62. The number of carbonyl (C=O) groups is 1. The topological polar surface area (TPSA) is 102 Å². The lowest BCUT2D eigenvalue weighted by Gasteiger charge is -2.26. The lowest BCUT2D eigenvalue weighted by Crippen LogP contribution is -2.23. The Morgan fingerprint density at radius 3 is 2.37 bits per heavy atom. The largest absolute Gasteiger partial charge is 0.361 e. The SMILES string of the molecule is CC1=C(C#N)C(c2cccc(C(=O)Nc3ccccn3)c2)C(C#N)=C(C)N1. The maximum atomic E-state index is 12.6. The summed E-state index contributed by atoms with van der Waals surface area (Å²) in [6.07, 6.45) is 1.60. The monoisotopic (exact) mass is 355 g/mol. The summed E-state index contributed by atoms with van der Waals surface area (Å²) in [5.41, 5.74) is 3.52. The average molecular weight is 355 g/mol. The van der Waals surface area contributed by atoms with Crippen molar-refractivity contribution in [1.82, 2.24) is 10.3 Å². The minimum Gasteiger partial charge on any atom is -0.361 e. The Labute approximate surface area is 157 Å². The minimum atomic E-state index is -0.496. The van der Waals surface area contributed by atoms with Gasteiger partial charge in [0.25, 0.3) is 5.91 Å². The third kappa shape index (κ3) is 3.56. The first kappa shape index (κ1) is 17.9. The molecule has 0 saturated heterocycles. The molecule has 2 aromatic rings. The second-order valence-corrected chi connectivity index (χ2v) is 6.15. The van der Waals surface area contributed by atoms with Crippen LogP contribution in [0.3, 0.4) is 0 Å². The number of aromatic nitrogens is 1. The summed E-state index contributed by atoms with van der Waals surface area (Å²) in [4.78, 5) is 16.6. The van der Waals surface area contributed by atoms with Gasteiger partial charge in [0.1, 0.15) is 5.82 Å². The van der Waals surface area contributed by atoms with Crippen LogP contribution in [0.4, 0.5) is 5.82 Å². The van der Waals surface area contributed by atoms with Crippen LogP contribution in [0, 0.1) is 22.7 Å². The van der Waals surface area contributed by atoms with E-state index in [1.54, 1.807) is 56.4 Å². The number of hydrogen-bond acceptors (Lipinski definition) is 5. The summed E-state index contributed by atoms with van der Waals surface area (Å²) in [6, 6.07) is 16.6. The number of hydrogen-bond donors (Lipinski definition) is 2. The van der Waals surface area contributed by atoms with E-state index < -0.39 is 5.92 Å². The fraction of sp³-hybridized carbons (Fsp3) is 0.143. The standard InChI is InChI=1S/C21H17N5O/c1-13-17(11-22)20(18(12-23)14(2)25-13)15-6-5-7-16(10-15)21(27)26-19-8-3-4-9-24-19/h3-10,20,25H,1-2H3,(H,24,26,27). The first-order valence-electron chi connectivity index (χ1n) is 8.36. The molecule has 2 N–H and O–H groups in total. The molecule has 6 nitrogen and oxygen atoms in total. The van der Waals surface area contributed by atoms with Gasteiger partial charge in [-0.1, -0.05) is 18.2 Å². The molecule has 0 aliphatic carbocycles. The molecule has 1 amide bonds. The average Bonchev–Trinajstić information content (AvgIpc) is 2.68. The van der Waals surface area contributed by atoms with Crippen molar-refractivity contribution in [2.75, 3.05) is 5.32 Å². The molecular formula is C21H17N5O. The molecule has 1 aromatic carbocycles. The zero-order chi connectivity index (χ0) is 19.4. The van der Waals surface area contributed by atoms with E-state index in [9.17, 15) is 15.3 Å². The summed E-state index contributed by atoms with van der Waals surface area (Å²) < 4.78 is 0. The molecule has 0 atom stereocenters. The molecule has 0 fully saturated rings. The molecule has 3 rings (SSSR count). The van der Waals surface area contributed by atoms with Gasteiger partial charge in [0.15, 0.2) is 0 Å². The van der Waals surface area contributed by atoms with Gasteiger partial charge in [0.05, 0.1) is 29.2 Å². The Morgan fingerprint density at radius 2 is 1.78 bits per heavy atom. The number of anilines is 1. The van der Waals surface area contributed by atoms with Crippen LogP contribution >= 0.6 is 0 Å². The van der Waals surface area contributed by atoms with Gasteiger partial charge >= 0.3 is 0 Å². The second kappa shape index (κ2) is 7.55. The fourth-order valence-electron chi connectivity index (χ4n) is 3.11. The summed E-state index contributed by atoms with van der Waals surface area (Å²) >= 11 is 0. The van der Waals surface area contributed by atoms with Crippen LogP contribution in [0.5, 0.6) is 0 Å². The Morgan fingerprint density at radius 1 is 1.07 bits per heavy atom. The van der Waals surface area contributed by atoms with Gasteiger partial charge in [-0.25, -0.2) is 4.98 Å². The Bertz CT molecular complexity index is 1000. The lowest BCUT2D eigenvalue weighted by molar-refractivity contribution is 0.102. The van der Waals surface area contributed by atoms with E-state index in [2.05, 4.69) is 27.8 Å². The number of rotatable bonds is 3. The van der Waals surface area contributed by atoms with Crippen LogP contribution in [-0.4, -0.2) is 10.9 Å². The van der Waals surface area contributed by atoms with E-state index >= 15 is 0 Å². The molecule has 132 valence electrons. The molecule has 1 aromatic heterocycles. The lowest BCUT2D eigenvalue weighted by atomic mass is 9.81. The van der Waals surface area contributed by atoms with Crippen LogP contribution in [-0.2, 0) is 0 Å². The molecule has 6 heteroatoms. The number of nitrogens with one attached hydrogen (secondary N) is 2. The van der Waals surface area contributed by atoms with Gasteiger partial charge in [-0.15, -0.1) is 0 Å². The normalized spacial score (nSPS) is 14.2. The molecule has 0 spiro atoms. The van der Waals surface area contributed by atoms with Crippen molar-refractivity contribution >= 4 is 11.7 Å². The van der Waals surface area contributed by atoms with Crippen molar-refractivity contribution in [2.45, 2.75) is 19.8 Å². The van der Waals surface area contributed by atoms with Crippen molar-refractivity contribution in [3.63, 3.8) is 0 Å². The number of pyridine rings is 1. The molecule has 27 heavy (non-hydrogen) atoms. The second-order valence-electron chi connectivity index (χ2n) is 6.15. The number of nitrogens with zero attached hydrogens (tertiary/aromatic N) is 3. The summed E-state index contributed by atoms with van der Waals surface area (Å²) in [5.74, 6) is -0.344. The predicted molar refractivity (Wildman–Crippen MR) is 101 cm³/mol. The molecule has 0 saturated carbocycles. The highest BCUT2D eigenvalue weighted by Crippen LogP contribution is 2.37. The van der Waals surface area contributed by atoms with Crippen molar-refractivity contribution in [3.8, 4) is 12.1 Å². The fourth-order valence-corrected chi connectivity index (χ4v) is 3.11. The smallest absolute Gasteiger partial charge is 0.256 e. The molecule has 0 radical (unpaired) electrons. The number of benzene rings is 1. The first-order chi connectivity index (χ1) is 13.0. The maximum absolute atomic E-state index is 12.6. The van der Waals surface area contributed by atoms with Gasteiger partial charge in [0, 0.05) is 23.2 Å². The van der Waals surface area contributed by atoms with E-state index in [1.165, 1.54) is 0 Å². The van der Waals surface area contributed by atoms with Gasteiger partial charge in [-0.2, -0.15) is 10.5 Å². The van der Waals surface area contributed by atoms with Crippen LogP contribution in [0.15, 0.2) is 71.2 Å². The van der Waals surface area contributed by atoms with Gasteiger partial charge < -0.3 is 10.6 Å². The molecular weight excluding hydrogens is 338 g/mol. The Kier molecular flexibility index (Phi) is 5.01. The Hall–Kier alpha value is -3.90. The van der Waals surface area contributed by atoms with Gasteiger partial charge in [-0.05, 0) is 43.7 Å². The highest BCUT2D eigenvalue weighted by atomic mass is 16.1. The van der Waals surface area contributed by atoms with Crippen LogP contribution < -0.4 is 10.6 Å². The van der Waals surface area contributed by atoms with E-state index in [0.29, 0.717) is 33.9 Å². The maximum Gasteiger partial charge on any atom is 0.256 e. The number of carbonyl (C=O) groups excluding carboxylic acids is 1. The number of allylic oxidation sites excluding steroid dienone is 4. The molecule has 0 unspecified atom stereocenters. The zero-order valence-corrected chi connectivity index (χ0v) is 14.9. The van der Waals surface area contributed by atoms with Gasteiger partial charge in [0.2, 0.25) is 0 Å². The van der Waals surface area contributed by atoms with Crippen LogP contribution in [0.1, 0.15) is 35.7 Å². The zero-order valence-electron chi connectivity index (χ0n) is 14.9. The third-order valence-electron chi connectivity index (χ3n) is 4.39. The molecule has 1 aliphatic rings. The van der Waals surface area contributed by atoms with Crippen LogP contribution in [0.25, 0.3) is 0 Å². The summed E-state index contributed by atoms with van der Waals surface area (Å²) in [5, 5.41) is 25.0. The number of dihydropyridines is 1. The molecule has 0 bridgehead atoms. The molecule has 2 heterocycles. The highest BCUT2D eigenvalue weighted by Gasteiger charge is 2.29. The van der Waals surface area contributed by atoms with E-state index in [1.807, 2.05) is 6.07 Å². The minimum absolute atomic E-state index is 0.303. The van der Waals surface area contributed by atoms with Gasteiger partial charge in [-0.3, -0.25) is 4.79 Å². The quantitative estimate of drug-likeness (QED) is 0.875. The van der Waals surface area contributed by atoms with E-state index in [-0.39, 0.29) is 5.91 Å². The highest BCUT2D eigenvalue weighted by molar-refractivity contribution is 6.03. The first-order valence-corrected chi connectivity index (χ1v) is 8.36. The van der Waals surface area contributed by atoms with Crippen molar-refractivity contribution in [2.24, 2.45) is 0 Å².